The van der Waals surface area contributed by atoms with E-state index in [4.69, 9.17) is 23.2 Å². The van der Waals surface area contributed by atoms with Gasteiger partial charge in [-0.3, -0.25) is 0 Å². The number of amides is 4. The lowest BCUT2D eigenvalue weighted by atomic mass is 10.2. The van der Waals surface area contributed by atoms with Crippen molar-refractivity contribution in [1.29, 1.82) is 0 Å². The molecule has 0 saturated heterocycles. The van der Waals surface area contributed by atoms with Gasteiger partial charge < -0.3 is 21.3 Å². The van der Waals surface area contributed by atoms with E-state index in [-0.39, 0.29) is 12.1 Å². The molecule has 0 aliphatic heterocycles. The number of unbranched alkanes of at least 4 members (excludes halogenated alkanes) is 3. The average molecular weight is 423 g/mol. The highest BCUT2D eigenvalue weighted by atomic mass is 35.5. The molecule has 0 spiro atoms. The Morgan fingerprint density at radius 1 is 0.679 bits per heavy atom. The molecular weight excluding hydrogens is 399 g/mol. The number of rotatable bonds is 9. The number of halogens is 2. The number of nitrogens with one attached hydrogen (secondary N) is 4. The molecule has 2 rings (SSSR count). The van der Waals surface area contributed by atoms with Crippen molar-refractivity contribution in [3.05, 3.63) is 58.6 Å². The molecule has 8 heteroatoms. The van der Waals surface area contributed by atoms with Gasteiger partial charge in [0.25, 0.3) is 0 Å². The van der Waals surface area contributed by atoms with Crippen molar-refractivity contribution in [3.8, 4) is 0 Å². The molecule has 0 aliphatic carbocycles. The van der Waals surface area contributed by atoms with E-state index in [0.717, 1.165) is 25.7 Å². The second-order valence-corrected chi connectivity index (χ2v) is 7.07. The van der Waals surface area contributed by atoms with Gasteiger partial charge in [0.1, 0.15) is 0 Å². The molecule has 0 heterocycles. The van der Waals surface area contributed by atoms with E-state index in [0.29, 0.717) is 34.5 Å². The minimum Gasteiger partial charge on any atom is -0.338 e. The third kappa shape index (κ3) is 8.97. The standard InChI is InChI=1S/C20H24Cl2N4O2/c21-15-7-5-9-17(13-15)25-19(27)23-11-3-1-2-4-12-24-20(28)26-18-10-6-8-16(22)14-18/h5-10,13-14H,1-4,11-12H2,(H2,23,25,27)(H2,24,26,28). The smallest absolute Gasteiger partial charge is 0.319 e. The lowest BCUT2D eigenvalue weighted by Gasteiger charge is -2.09. The highest BCUT2D eigenvalue weighted by Crippen LogP contribution is 2.15. The number of anilines is 2. The maximum atomic E-state index is 11.8. The fourth-order valence-corrected chi connectivity index (χ4v) is 2.87. The first-order valence-electron chi connectivity index (χ1n) is 9.14. The fourth-order valence-electron chi connectivity index (χ4n) is 2.49. The van der Waals surface area contributed by atoms with E-state index in [9.17, 15) is 9.59 Å². The molecule has 0 unspecified atom stereocenters. The van der Waals surface area contributed by atoms with Crippen LogP contribution in [-0.4, -0.2) is 25.2 Å². The third-order valence-corrected chi connectivity index (χ3v) is 4.31. The number of hydrogen-bond acceptors (Lipinski definition) is 2. The lowest BCUT2D eigenvalue weighted by Crippen LogP contribution is -2.30. The predicted molar refractivity (Wildman–Crippen MR) is 115 cm³/mol. The van der Waals surface area contributed by atoms with Gasteiger partial charge in [0, 0.05) is 34.5 Å². The quantitative estimate of drug-likeness (QED) is 0.402. The fraction of sp³-hybridized carbons (Fsp3) is 0.300. The Balaban J connectivity index is 1.47. The summed E-state index contributed by atoms with van der Waals surface area (Å²) >= 11 is 11.7. The molecule has 150 valence electrons. The normalized spacial score (nSPS) is 10.2. The summed E-state index contributed by atoms with van der Waals surface area (Å²) in [4.78, 5) is 23.6. The molecule has 0 radical (unpaired) electrons. The highest BCUT2D eigenvalue weighted by Gasteiger charge is 2.03. The van der Waals surface area contributed by atoms with Gasteiger partial charge in [0.15, 0.2) is 0 Å². The first-order chi connectivity index (χ1) is 13.5. The highest BCUT2D eigenvalue weighted by molar-refractivity contribution is 6.31. The molecule has 0 bridgehead atoms. The zero-order valence-electron chi connectivity index (χ0n) is 15.4. The molecule has 6 nitrogen and oxygen atoms in total. The molecule has 0 aliphatic rings. The molecule has 0 atom stereocenters. The van der Waals surface area contributed by atoms with E-state index >= 15 is 0 Å². The van der Waals surface area contributed by atoms with E-state index in [1.807, 2.05) is 0 Å². The minimum absolute atomic E-state index is 0.249. The zero-order valence-corrected chi connectivity index (χ0v) is 16.9. The van der Waals surface area contributed by atoms with E-state index < -0.39 is 0 Å². The molecule has 0 fully saturated rings. The van der Waals surface area contributed by atoms with Crippen LogP contribution in [0.5, 0.6) is 0 Å². The third-order valence-electron chi connectivity index (χ3n) is 3.84. The Kier molecular flexibility index (Phi) is 9.45. The molecule has 28 heavy (non-hydrogen) atoms. The summed E-state index contributed by atoms with van der Waals surface area (Å²) in [5.74, 6) is 0. The van der Waals surface area contributed by atoms with Crippen molar-refractivity contribution in [2.45, 2.75) is 25.7 Å². The van der Waals surface area contributed by atoms with Gasteiger partial charge in [-0.05, 0) is 49.2 Å². The van der Waals surface area contributed by atoms with Gasteiger partial charge in [-0.25, -0.2) is 9.59 Å². The maximum absolute atomic E-state index is 11.8. The number of carbonyl (C=O) groups is 2. The first-order valence-corrected chi connectivity index (χ1v) is 9.89. The van der Waals surface area contributed by atoms with Crippen molar-refractivity contribution >= 4 is 46.6 Å². The Hall–Kier alpha value is -2.44. The number of benzene rings is 2. The average Bonchev–Trinajstić information content (AvgIpc) is 2.64. The Morgan fingerprint density at radius 3 is 1.50 bits per heavy atom. The topological polar surface area (TPSA) is 82.3 Å². The van der Waals surface area contributed by atoms with Gasteiger partial charge in [0.05, 0.1) is 0 Å². The monoisotopic (exact) mass is 422 g/mol. The van der Waals surface area contributed by atoms with Crippen LogP contribution in [0.2, 0.25) is 10.0 Å². The summed E-state index contributed by atoms with van der Waals surface area (Å²) in [5, 5.41) is 12.2. The van der Waals surface area contributed by atoms with Crippen LogP contribution < -0.4 is 21.3 Å². The van der Waals surface area contributed by atoms with Crippen LogP contribution in [0.1, 0.15) is 25.7 Å². The second kappa shape index (κ2) is 12.1. The largest absolute Gasteiger partial charge is 0.338 e. The van der Waals surface area contributed by atoms with Crippen LogP contribution >= 0.6 is 23.2 Å². The van der Waals surface area contributed by atoms with Crippen LogP contribution in [0.3, 0.4) is 0 Å². The number of hydrogen-bond donors (Lipinski definition) is 4. The molecule has 0 saturated carbocycles. The van der Waals surface area contributed by atoms with Gasteiger partial charge in [0.2, 0.25) is 0 Å². The van der Waals surface area contributed by atoms with E-state index in [2.05, 4.69) is 21.3 Å². The SMILES string of the molecule is O=C(NCCCCCCNC(=O)Nc1cccc(Cl)c1)Nc1cccc(Cl)c1. The van der Waals surface area contributed by atoms with Crippen molar-refractivity contribution in [2.75, 3.05) is 23.7 Å². The summed E-state index contributed by atoms with van der Waals surface area (Å²) in [7, 11) is 0. The Labute approximate surface area is 175 Å². The molecule has 4 amide bonds. The Morgan fingerprint density at radius 2 is 1.11 bits per heavy atom. The number of urea groups is 2. The summed E-state index contributed by atoms with van der Waals surface area (Å²) in [5.41, 5.74) is 1.32. The first kappa shape index (κ1) is 21.9. The number of carbonyl (C=O) groups excluding carboxylic acids is 2. The van der Waals surface area contributed by atoms with Crippen molar-refractivity contribution in [1.82, 2.24) is 10.6 Å². The van der Waals surface area contributed by atoms with Gasteiger partial charge in [-0.15, -0.1) is 0 Å². The van der Waals surface area contributed by atoms with Crippen LogP contribution in [0.15, 0.2) is 48.5 Å². The molecule has 4 N–H and O–H groups in total. The summed E-state index contributed by atoms with van der Waals surface area (Å²) in [6.45, 7) is 1.18. The van der Waals surface area contributed by atoms with Crippen molar-refractivity contribution in [3.63, 3.8) is 0 Å². The molecular formula is C20H24Cl2N4O2. The summed E-state index contributed by atoms with van der Waals surface area (Å²) in [6.07, 6.45) is 3.68. The van der Waals surface area contributed by atoms with E-state index in [1.54, 1.807) is 48.5 Å². The summed E-state index contributed by atoms with van der Waals surface area (Å²) in [6, 6.07) is 13.5. The van der Waals surface area contributed by atoms with Crippen LogP contribution in [0.25, 0.3) is 0 Å². The molecule has 0 aromatic heterocycles. The zero-order chi connectivity index (χ0) is 20.2. The lowest BCUT2D eigenvalue weighted by molar-refractivity contribution is 0.250. The maximum Gasteiger partial charge on any atom is 0.319 e. The Bertz CT molecular complexity index is 721. The van der Waals surface area contributed by atoms with Crippen molar-refractivity contribution in [2.24, 2.45) is 0 Å². The minimum atomic E-state index is -0.249. The van der Waals surface area contributed by atoms with Gasteiger partial charge >= 0.3 is 12.1 Å². The van der Waals surface area contributed by atoms with E-state index in [1.165, 1.54) is 0 Å². The van der Waals surface area contributed by atoms with Crippen molar-refractivity contribution < 1.29 is 9.59 Å². The van der Waals surface area contributed by atoms with Crippen LogP contribution in [0.4, 0.5) is 21.0 Å². The van der Waals surface area contributed by atoms with Gasteiger partial charge in [-0.1, -0.05) is 48.2 Å². The van der Waals surface area contributed by atoms with Crippen LogP contribution in [0, 0.1) is 0 Å². The molecule has 2 aromatic rings. The van der Waals surface area contributed by atoms with Gasteiger partial charge in [-0.2, -0.15) is 0 Å². The second-order valence-electron chi connectivity index (χ2n) is 6.20. The predicted octanol–water partition coefficient (Wildman–Crippen LogP) is 5.50. The molecule has 2 aromatic carbocycles. The van der Waals surface area contributed by atoms with Crippen LogP contribution in [-0.2, 0) is 0 Å². The summed E-state index contributed by atoms with van der Waals surface area (Å²) < 4.78 is 0.